The van der Waals surface area contributed by atoms with Gasteiger partial charge in [0.05, 0.1) is 0 Å². The summed E-state index contributed by atoms with van der Waals surface area (Å²) < 4.78 is 0. The van der Waals surface area contributed by atoms with Crippen LogP contribution in [-0.2, 0) is 6.54 Å². The molecule has 1 aromatic rings. The molecule has 0 heterocycles. The molecule has 1 aromatic carbocycles. The molecule has 0 bridgehead atoms. The number of benzene rings is 1. The number of hydrazine groups is 1. The van der Waals surface area contributed by atoms with Crippen molar-refractivity contribution in [3.05, 3.63) is 35.9 Å². The predicted octanol–water partition coefficient (Wildman–Crippen LogP) is 1.64. The van der Waals surface area contributed by atoms with Gasteiger partial charge in [0.2, 0.25) is 0 Å². The highest BCUT2D eigenvalue weighted by Gasteiger charge is 1.92. The molecule has 0 atom stereocenters. The average Bonchev–Trinajstić information content (AvgIpc) is 2.16. The summed E-state index contributed by atoms with van der Waals surface area (Å²) in [6.07, 6.45) is 0. The summed E-state index contributed by atoms with van der Waals surface area (Å²) in [5, 5.41) is 2.08. The Hall–Kier alpha value is -0.860. The highest BCUT2D eigenvalue weighted by atomic mass is 15.5. The van der Waals surface area contributed by atoms with Crippen LogP contribution >= 0.6 is 0 Å². The normalized spacial score (nSPS) is 10.6. The van der Waals surface area contributed by atoms with Crippen molar-refractivity contribution < 1.29 is 0 Å². The van der Waals surface area contributed by atoms with Crippen LogP contribution in [-0.4, -0.2) is 18.6 Å². The van der Waals surface area contributed by atoms with Gasteiger partial charge in [0, 0.05) is 20.1 Å². The fourth-order valence-corrected chi connectivity index (χ4v) is 0.934. The third-order valence-electron chi connectivity index (χ3n) is 1.87. The van der Waals surface area contributed by atoms with Crippen molar-refractivity contribution in [3.63, 3.8) is 0 Å². The lowest BCUT2D eigenvalue weighted by Crippen LogP contribution is -2.33. The van der Waals surface area contributed by atoms with Gasteiger partial charge < -0.3 is 0 Å². The minimum Gasteiger partial charge on any atom is -0.251 e. The molecule has 0 spiro atoms. The second kappa shape index (κ2) is 4.91. The van der Waals surface area contributed by atoms with Gasteiger partial charge in [0.25, 0.3) is 0 Å². The molecule has 1 N–H and O–H groups in total. The Kier molecular flexibility index (Phi) is 3.77. The molecule has 0 saturated heterocycles. The van der Waals surface area contributed by atoms with Crippen molar-refractivity contribution in [2.45, 2.75) is 13.5 Å². The maximum atomic E-state index is 3.28. The monoisotopic (exact) mass is 164 g/mol. The Morgan fingerprint density at radius 2 is 1.92 bits per heavy atom. The molecule has 12 heavy (non-hydrogen) atoms. The first kappa shape index (κ1) is 9.23. The van der Waals surface area contributed by atoms with Gasteiger partial charge in [0.15, 0.2) is 0 Å². The van der Waals surface area contributed by atoms with Crippen LogP contribution in [0, 0.1) is 0 Å². The minimum atomic E-state index is 0.908. The van der Waals surface area contributed by atoms with Crippen molar-refractivity contribution in [2.75, 3.05) is 13.6 Å². The summed E-state index contributed by atoms with van der Waals surface area (Å²) in [5.41, 5.74) is 4.60. The van der Waals surface area contributed by atoms with Crippen LogP contribution in [0.3, 0.4) is 0 Å². The Morgan fingerprint density at radius 1 is 1.25 bits per heavy atom. The Balaban J connectivity index is 2.33. The molecule has 0 unspecified atom stereocenters. The molecule has 0 saturated carbocycles. The molecule has 1 rings (SSSR count). The molecular weight excluding hydrogens is 148 g/mol. The second-order valence-electron chi connectivity index (χ2n) is 2.83. The lowest BCUT2D eigenvalue weighted by atomic mass is 10.2. The van der Waals surface area contributed by atoms with Gasteiger partial charge in [-0.05, 0) is 5.56 Å². The Labute approximate surface area is 74.2 Å². The zero-order chi connectivity index (χ0) is 8.81. The van der Waals surface area contributed by atoms with Crippen molar-refractivity contribution in [1.82, 2.24) is 10.4 Å². The van der Waals surface area contributed by atoms with Crippen molar-refractivity contribution in [1.29, 1.82) is 0 Å². The van der Waals surface area contributed by atoms with E-state index in [1.54, 1.807) is 0 Å². The van der Waals surface area contributed by atoms with E-state index in [0.717, 1.165) is 13.1 Å². The van der Waals surface area contributed by atoms with Gasteiger partial charge in [-0.1, -0.05) is 37.3 Å². The van der Waals surface area contributed by atoms with E-state index in [1.807, 2.05) is 13.1 Å². The van der Waals surface area contributed by atoms with Crippen molar-refractivity contribution >= 4 is 0 Å². The molecule has 2 nitrogen and oxygen atoms in total. The SMILES string of the molecule is CCN(C)NCc1ccccc1. The molecule has 0 aliphatic heterocycles. The van der Waals surface area contributed by atoms with Crippen LogP contribution in [0.15, 0.2) is 30.3 Å². The maximum absolute atomic E-state index is 3.28. The molecule has 0 aliphatic carbocycles. The smallest absolute Gasteiger partial charge is 0.0353 e. The summed E-state index contributed by atoms with van der Waals surface area (Å²) in [6.45, 7) is 4.05. The van der Waals surface area contributed by atoms with Gasteiger partial charge in [-0.15, -0.1) is 0 Å². The van der Waals surface area contributed by atoms with E-state index in [2.05, 4.69) is 41.6 Å². The third kappa shape index (κ3) is 3.03. The van der Waals surface area contributed by atoms with Gasteiger partial charge >= 0.3 is 0 Å². The molecule has 0 radical (unpaired) electrons. The fourth-order valence-electron chi connectivity index (χ4n) is 0.934. The van der Waals surface area contributed by atoms with Gasteiger partial charge in [0.1, 0.15) is 0 Å². The summed E-state index contributed by atoms with van der Waals surface area (Å²) in [7, 11) is 2.04. The Morgan fingerprint density at radius 3 is 2.50 bits per heavy atom. The molecule has 0 amide bonds. The van der Waals surface area contributed by atoms with E-state index >= 15 is 0 Å². The van der Waals surface area contributed by atoms with Crippen LogP contribution in [0.1, 0.15) is 12.5 Å². The number of nitrogens with zero attached hydrogens (tertiary/aromatic N) is 1. The summed E-state index contributed by atoms with van der Waals surface area (Å²) in [4.78, 5) is 0. The zero-order valence-electron chi connectivity index (χ0n) is 7.75. The zero-order valence-corrected chi connectivity index (χ0v) is 7.75. The topological polar surface area (TPSA) is 15.3 Å². The quantitative estimate of drug-likeness (QED) is 0.681. The highest BCUT2D eigenvalue weighted by Crippen LogP contribution is 1.96. The number of rotatable bonds is 4. The summed E-state index contributed by atoms with van der Waals surface area (Å²) >= 11 is 0. The molecule has 0 aliphatic rings. The Bertz CT molecular complexity index is 208. The van der Waals surface area contributed by atoms with Gasteiger partial charge in [-0.2, -0.15) is 0 Å². The second-order valence-corrected chi connectivity index (χ2v) is 2.83. The van der Waals surface area contributed by atoms with Crippen molar-refractivity contribution in [2.24, 2.45) is 0 Å². The number of nitrogens with one attached hydrogen (secondary N) is 1. The van der Waals surface area contributed by atoms with E-state index in [4.69, 9.17) is 0 Å². The van der Waals surface area contributed by atoms with Crippen LogP contribution in [0.4, 0.5) is 0 Å². The highest BCUT2D eigenvalue weighted by molar-refractivity contribution is 5.13. The van der Waals surface area contributed by atoms with Crippen LogP contribution in [0.25, 0.3) is 0 Å². The van der Waals surface area contributed by atoms with Gasteiger partial charge in [-0.25, -0.2) is 5.01 Å². The van der Waals surface area contributed by atoms with E-state index < -0.39 is 0 Å². The summed E-state index contributed by atoms with van der Waals surface area (Å²) in [6, 6.07) is 10.4. The molecule has 2 heteroatoms. The predicted molar refractivity (Wildman–Crippen MR) is 51.6 cm³/mol. The standard InChI is InChI=1S/C10H16N2/c1-3-12(2)11-9-10-7-5-4-6-8-10/h4-8,11H,3,9H2,1-2H3. The van der Waals surface area contributed by atoms with E-state index in [-0.39, 0.29) is 0 Å². The molecule has 66 valence electrons. The first-order chi connectivity index (χ1) is 5.83. The summed E-state index contributed by atoms with van der Waals surface area (Å²) in [5.74, 6) is 0. The lowest BCUT2D eigenvalue weighted by molar-refractivity contribution is 0.244. The minimum absolute atomic E-state index is 0.908. The first-order valence-corrected chi connectivity index (χ1v) is 4.31. The maximum Gasteiger partial charge on any atom is 0.0353 e. The van der Waals surface area contributed by atoms with E-state index in [1.165, 1.54) is 5.56 Å². The molecular formula is C10H16N2. The number of hydrogen-bond acceptors (Lipinski definition) is 2. The van der Waals surface area contributed by atoms with Crippen LogP contribution in [0.5, 0.6) is 0 Å². The fraction of sp³-hybridized carbons (Fsp3) is 0.400. The number of hydrogen-bond donors (Lipinski definition) is 1. The molecule has 0 aromatic heterocycles. The average molecular weight is 164 g/mol. The molecule has 0 fully saturated rings. The van der Waals surface area contributed by atoms with E-state index in [9.17, 15) is 0 Å². The third-order valence-corrected chi connectivity index (χ3v) is 1.87. The largest absolute Gasteiger partial charge is 0.251 e. The van der Waals surface area contributed by atoms with Crippen LogP contribution < -0.4 is 5.43 Å². The van der Waals surface area contributed by atoms with Gasteiger partial charge in [-0.3, -0.25) is 5.43 Å². The lowest BCUT2D eigenvalue weighted by Gasteiger charge is -2.15. The van der Waals surface area contributed by atoms with Crippen LogP contribution in [0.2, 0.25) is 0 Å². The first-order valence-electron chi connectivity index (χ1n) is 4.31. The van der Waals surface area contributed by atoms with Crippen molar-refractivity contribution in [3.8, 4) is 0 Å². The van der Waals surface area contributed by atoms with E-state index in [0.29, 0.717) is 0 Å².